The van der Waals surface area contributed by atoms with E-state index in [4.69, 9.17) is 4.74 Å². The molecule has 0 bridgehead atoms. The molecule has 0 amide bonds. The molecule has 0 unspecified atom stereocenters. The molecule has 3 nitrogen and oxygen atoms in total. The SMILES string of the molecule is Cc1cc(Br)ccc1OCCC[NH+]1CC[NH2+]CC1. The summed E-state index contributed by atoms with van der Waals surface area (Å²) in [6.45, 7) is 9.32. The lowest BCUT2D eigenvalue weighted by molar-refractivity contribution is -0.946. The van der Waals surface area contributed by atoms with Crippen molar-refractivity contribution in [1.29, 1.82) is 0 Å². The number of nitrogens with one attached hydrogen (secondary N) is 1. The van der Waals surface area contributed by atoms with Gasteiger partial charge in [-0.3, -0.25) is 0 Å². The molecule has 1 aromatic rings. The van der Waals surface area contributed by atoms with Crippen LogP contribution in [-0.4, -0.2) is 39.3 Å². The van der Waals surface area contributed by atoms with Crippen molar-refractivity contribution in [2.45, 2.75) is 13.3 Å². The Kier molecular flexibility index (Phi) is 5.47. The molecular weight excluding hydrogens is 292 g/mol. The van der Waals surface area contributed by atoms with Crippen molar-refractivity contribution in [2.75, 3.05) is 39.3 Å². The second-order valence-corrected chi connectivity index (χ2v) is 5.89. The maximum absolute atomic E-state index is 5.84. The third kappa shape index (κ3) is 4.26. The summed E-state index contributed by atoms with van der Waals surface area (Å²) in [5, 5.41) is 2.41. The average Bonchev–Trinajstić information content (AvgIpc) is 2.38. The van der Waals surface area contributed by atoms with Crippen LogP contribution in [0.1, 0.15) is 12.0 Å². The number of halogens is 1. The van der Waals surface area contributed by atoms with E-state index < -0.39 is 0 Å². The molecular formula is C14H23BrN2O+2. The molecule has 1 fully saturated rings. The Bertz CT molecular complexity index is 378. The summed E-state index contributed by atoms with van der Waals surface area (Å²) in [4.78, 5) is 1.73. The molecule has 1 heterocycles. The van der Waals surface area contributed by atoms with Crippen LogP contribution in [0.15, 0.2) is 22.7 Å². The van der Waals surface area contributed by atoms with Gasteiger partial charge in [-0.15, -0.1) is 0 Å². The maximum atomic E-state index is 5.84. The van der Waals surface area contributed by atoms with Crippen molar-refractivity contribution in [3.8, 4) is 5.75 Å². The topological polar surface area (TPSA) is 30.3 Å². The number of quaternary nitrogens is 2. The van der Waals surface area contributed by atoms with Crippen molar-refractivity contribution in [2.24, 2.45) is 0 Å². The summed E-state index contributed by atoms with van der Waals surface area (Å²) < 4.78 is 6.95. The van der Waals surface area contributed by atoms with Gasteiger partial charge < -0.3 is 15.0 Å². The first kappa shape index (κ1) is 13.8. The Morgan fingerprint density at radius 3 is 2.83 bits per heavy atom. The second kappa shape index (κ2) is 7.12. The standard InChI is InChI=1S/C14H21BrN2O/c1-12-11-13(15)3-4-14(12)18-10-2-7-17-8-5-16-6-9-17/h3-4,11,16H,2,5-10H2,1H3/p+2. The van der Waals surface area contributed by atoms with Crippen LogP contribution in [0.2, 0.25) is 0 Å². The van der Waals surface area contributed by atoms with E-state index in [0.717, 1.165) is 23.2 Å². The summed E-state index contributed by atoms with van der Waals surface area (Å²) in [6, 6.07) is 6.18. The van der Waals surface area contributed by atoms with Crippen LogP contribution in [-0.2, 0) is 0 Å². The highest BCUT2D eigenvalue weighted by Crippen LogP contribution is 2.22. The number of hydrogen-bond donors (Lipinski definition) is 2. The summed E-state index contributed by atoms with van der Waals surface area (Å²) >= 11 is 3.47. The van der Waals surface area contributed by atoms with Gasteiger partial charge in [-0.1, -0.05) is 15.9 Å². The first-order valence-corrected chi connectivity index (χ1v) is 7.59. The predicted octanol–water partition coefficient (Wildman–Crippen LogP) is -0.0117. The van der Waals surface area contributed by atoms with Crippen LogP contribution in [0, 0.1) is 6.92 Å². The summed E-state index contributed by atoms with van der Waals surface area (Å²) in [5.41, 5.74) is 1.20. The van der Waals surface area contributed by atoms with Crippen molar-refractivity contribution in [3.05, 3.63) is 28.2 Å². The third-order valence-electron chi connectivity index (χ3n) is 3.47. The van der Waals surface area contributed by atoms with Gasteiger partial charge in [0.2, 0.25) is 0 Å². The molecule has 0 aromatic heterocycles. The van der Waals surface area contributed by atoms with E-state index in [1.54, 1.807) is 4.90 Å². The first-order chi connectivity index (χ1) is 8.75. The Balaban J connectivity index is 1.68. The largest absolute Gasteiger partial charge is 0.493 e. The van der Waals surface area contributed by atoms with Crippen LogP contribution < -0.4 is 15.0 Å². The Labute approximate surface area is 118 Å². The zero-order valence-corrected chi connectivity index (χ0v) is 12.6. The number of nitrogens with two attached hydrogens (primary N) is 1. The lowest BCUT2D eigenvalue weighted by Crippen LogP contribution is -3.20. The molecule has 0 spiro atoms. The minimum absolute atomic E-state index is 0.829. The number of piperazine rings is 1. The first-order valence-electron chi connectivity index (χ1n) is 6.80. The predicted molar refractivity (Wildman–Crippen MR) is 76.2 cm³/mol. The Hall–Kier alpha value is -0.580. The summed E-state index contributed by atoms with van der Waals surface area (Å²) in [7, 11) is 0. The molecule has 4 heteroatoms. The lowest BCUT2D eigenvalue weighted by Gasteiger charge is -2.22. The fourth-order valence-corrected chi connectivity index (χ4v) is 2.89. The number of rotatable bonds is 5. The smallest absolute Gasteiger partial charge is 0.127 e. The van der Waals surface area contributed by atoms with Crippen molar-refractivity contribution in [3.63, 3.8) is 0 Å². The van der Waals surface area contributed by atoms with Gasteiger partial charge in [-0.05, 0) is 30.7 Å². The molecule has 1 saturated heterocycles. The van der Waals surface area contributed by atoms with Crippen LogP contribution in [0.4, 0.5) is 0 Å². The van der Waals surface area contributed by atoms with Crippen LogP contribution in [0.3, 0.4) is 0 Å². The highest BCUT2D eigenvalue weighted by atomic mass is 79.9. The van der Waals surface area contributed by atoms with Gasteiger partial charge in [-0.2, -0.15) is 0 Å². The van der Waals surface area contributed by atoms with E-state index >= 15 is 0 Å². The van der Waals surface area contributed by atoms with Crippen LogP contribution in [0.25, 0.3) is 0 Å². The zero-order chi connectivity index (χ0) is 12.8. The maximum Gasteiger partial charge on any atom is 0.127 e. The number of aryl methyl sites for hydroxylation is 1. The lowest BCUT2D eigenvalue weighted by atomic mass is 10.2. The van der Waals surface area contributed by atoms with Crippen molar-refractivity contribution < 1.29 is 15.0 Å². The molecule has 3 N–H and O–H groups in total. The van der Waals surface area contributed by atoms with Crippen molar-refractivity contribution in [1.82, 2.24) is 0 Å². The quantitative estimate of drug-likeness (QED) is 0.736. The summed E-state index contributed by atoms with van der Waals surface area (Å²) in [5.74, 6) is 1.01. The van der Waals surface area contributed by atoms with Crippen LogP contribution >= 0.6 is 15.9 Å². The zero-order valence-electron chi connectivity index (χ0n) is 11.0. The minimum atomic E-state index is 0.829. The number of benzene rings is 1. The molecule has 18 heavy (non-hydrogen) atoms. The minimum Gasteiger partial charge on any atom is -0.493 e. The molecule has 0 atom stereocenters. The van der Waals surface area contributed by atoms with E-state index in [-0.39, 0.29) is 0 Å². The van der Waals surface area contributed by atoms with E-state index in [1.165, 1.54) is 38.3 Å². The number of hydrogen-bond acceptors (Lipinski definition) is 1. The van der Waals surface area contributed by atoms with Gasteiger partial charge >= 0.3 is 0 Å². The van der Waals surface area contributed by atoms with Gasteiger partial charge in [0.1, 0.15) is 31.9 Å². The number of ether oxygens (including phenoxy) is 1. The van der Waals surface area contributed by atoms with E-state index in [2.05, 4.69) is 34.2 Å². The Morgan fingerprint density at radius 2 is 2.11 bits per heavy atom. The highest BCUT2D eigenvalue weighted by Gasteiger charge is 2.14. The molecule has 1 aliphatic rings. The van der Waals surface area contributed by atoms with Gasteiger partial charge in [-0.25, -0.2) is 0 Å². The van der Waals surface area contributed by atoms with E-state index in [1.807, 2.05) is 12.1 Å². The van der Waals surface area contributed by atoms with E-state index in [9.17, 15) is 0 Å². The van der Waals surface area contributed by atoms with Gasteiger partial charge in [0.15, 0.2) is 0 Å². The average molecular weight is 315 g/mol. The Morgan fingerprint density at radius 1 is 1.33 bits per heavy atom. The molecule has 1 aromatic carbocycles. The normalized spacial score (nSPS) is 16.8. The fraction of sp³-hybridized carbons (Fsp3) is 0.571. The molecule has 1 aliphatic heterocycles. The molecule has 0 saturated carbocycles. The van der Waals surface area contributed by atoms with Gasteiger partial charge in [0.25, 0.3) is 0 Å². The third-order valence-corrected chi connectivity index (χ3v) is 3.97. The second-order valence-electron chi connectivity index (χ2n) is 4.98. The molecule has 0 aliphatic carbocycles. The molecule has 0 radical (unpaired) electrons. The van der Waals surface area contributed by atoms with Gasteiger partial charge in [0.05, 0.1) is 13.2 Å². The molecule has 100 valence electrons. The van der Waals surface area contributed by atoms with Crippen molar-refractivity contribution >= 4 is 15.9 Å². The van der Waals surface area contributed by atoms with Gasteiger partial charge in [0, 0.05) is 10.9 Å². The fourth-order valence-electron chi connectivity index (χ4n) is 2.41. The highest BCUT2D eigenvalue weighted by molar-refractivity contribution is 9.10. The summed E-state index contributed by atoms with van der Waals surface area (Å²) in [6.07, 6.45) is 1.14. The molecule has 2 rings (SSSR count). The monoisotopic (exact) mass is 314 g/mol. The van der Waals surface area contributed by atoms with E-state index in [0.29, 0.717) is 0 Å². The van der Waals surface area contributed by atoms with Crippen LogP contribution in [0.5, 0.6) is 5.75 Å².